The second-order valence-electron chi connectivity index (χ2n) is 6.05. The summed E-state index contributed by atoms with van der Waals surface area (Å²) in [7, 11) is 1.62. The summed E-state index contributed by atoms with van der Waals surface area (Å²) in [5.74, 6) is 1.65. The van der Waals surface area contributed by atoms with Gasteiger partial charge in [0.05, 0.1) is 18.2 Å². The van der Waals surface area contributed by atoms with Gasteiger partial charge in [-0.05, 0) is 43.7 Å². The highest BCUT2D eigenvalue weighted by atomic mass is 35.5. The minimum atomic E-state index is -0.213. The van der Waals surface area contributed by atoms with E-state index < -0.39 is 0 Å². The molecule has 136 valence electrons. The molecule has 0 spiro atoms. The molecule has 1 amide bonds. The van der Waals surface area contributed by atoms with Crippen LogP contribution in [0.4, 0.5) is 0 Å². The van der Waals surface area contributed by atoms with Crippen molar-refractivity contribution in [1.29, 1.82) is 0 Å². The van der Waals surface area contributed by atoms with Gasteiger partial charge in [-0.1, -0.05) is 29.3 Å². The Morgan fingerprint density at radius 2 is 2.12 bits per heavy atom. The average Bonchev–Trinajstić information content (AvgIpc) is 3.09. The smallest absolute Gasteiger partial charge is 0.244 e. The van der Waals surface area contributed by atoms with Crippen LogP contribution in [0.15, 0.2) is 36.4 Å². The summed E-state index contributed by atoms with van der Waals surface area (Å²) in [6.45, 7) is 4.07. The van der Waals surface area contributed by atoms with Gasteiger partial charge in [-0.2, -0.15) is 0 Å². The van der Waals surface area contributed by atoms with Crippen LogP contribution in [0, 0.1) is 6.92 Å². The maximum atomic E-state index is 12.3. The Kier molecular flexibility index (Phi) is 5.38. The van der Waals surface area contributed by atoms with Crippen LogP contribution in [-0.2, 0) is 4.79 Å². The second kappa shape index (κ2) is 7.70. The third-order valence-corrected chi connectivity index (χ3v) is 4.37. The van der Waals surface area contributed by atoms with Crippen LogP contribution in [0.25, 0.3) is 6.08 Å². The van der Waals surface area contributed by atoms with Crippen molar-refractivity contribution in [1.82, 2.24) is 5.32 Å². The van der Waals surface area contributed by atoms with E-state index in [2.05, 4.69) is 5.32 Å². The topological polar surface area (TPSA) is 56.8 Å². The van der Waals surface area contributed by atoms with Gasteiger partial charge in [-0.25, -0.2) is 0 Å². The zero-order valence-corrected chi connectivity index (χ0v) is 15.6. The maximum absolute atomic E-state index is 12.3. The minimum absolute atomic E-state index is 0.151. The molecule has 2 aromatic rings. The fraction of sp³-hybridized carbons (Fsp3) is 0.250. The van der Waals surface area contributed by atoms with Crippen LogP contribution >= 0.6 is 11.6 Å². The summed E-state index contributed by atoms with van der Waals surface area (Å²) in [5, 5.41) is 3.40. The van der Waals surface area contributed by atoms with Gasteiger partial charge in [0.1, 0.15) is 5.75 Å². The van der Waals surface area contributed by atoms with Crippen molar-refractivity contribution >= 4 is 23.6 Å². The number of aryl methyl sites for hydroxylation is 1. The summed E-state index contributed by atoms with van der Waals surface area (Å²) >= 11 is 6.15. The molecule has 0 saturated heterocycles. The monoisotopic (exact) mass is 373 g/mol. The van der Waals surface area contributed by atoms with E-state index in [9.17, 15) is 4.79 Å². The molecule has 1 aliphatic rings. The van der Waals surface area contributed by atoms with Gasteiger partial charge in [0.2, 0.25) is 12.7 Å². The number of fused-ring (bicyclic) bond motifs is 1. The quantitative estimate of drug-likeness (QED) is 0.795. The van der Waals surface area contributed by atoms with Crippen molar-refractivity contribution in [3.05, 3.63) is 58.1 Å². The van der Waals surface area contributed by atoms with Crippen LogP contribution in [0.5, 0.6) is 17.2 Å². The highest BCUT2D eigenvalue weighted by Gasteiger charge is 2.18. The molecule has 26 heavy (non-hydrogen) atoms. The van der Waals surface area contributed by atoms with Crippen molar-refractivity contribution in [2.24, 2.45) is 0 Å². The van der Waals surface area contributed by atoms with Gasteiger partial charge < -0.3 is 19.5 Å². The lowest BCUT2D eigenvalue weighted by atomic mass is 10.0. The third-order valence-electron chi connectivity index (χ3n) is 4.09. The number of carbonyl (C=O) groups excluding carboxylic acids is 1. The van der Waals surface area contributed by atoms with Gasteiger partial charge >= 0.3 is 0 Å². The molecule has 5 nitrogen and oxygen atoms in total. The number of nitrogens with one attached hydrogen (secondary N) is 1. The molecule has 0 aromatic heterocycles. The first kappa shape index (κ1) is 18.1. The Balaban J connectivity index is 1.70. The molecular weight excluding hydrogens is 354 g/mol. The third kappa shape index (κ3) is 3.94. The summed E-state index contributed by atoms with van der Waals surface area (Å²) < 4.78 is 16.0. The van der Waals surface area contributed by atoms with Crippen molar-refractivity contribution in [3.8, 4) is 17.2 Å². The molecule has 1 N–H and O–H groups in total. The molecule has 1 atom stereocenters. The number of hydrogen-bond acceptors (Lipinski definition) is 4. The van der Waals surface area contributed by atoms with Crippen molar-refractivity contribution < 1.29 is 19.0 Å². The normalized spacial score (nSPS) is 13.7. The molecule has 1 aliphatic heterocycles. The lowest BCUT2D eigenvalue weighted by Crippen LogP contribution is -2.25. The van der Waals surface area contributed by atoms with Gasteiger partial charge in [0, 0.05) is 11.6 Å². The lowest BCUT2D eigenvalue weighted by molar-refractivity contribution is -0.117. The number of rotatable bonds is 5. The van der Waals surface area contributed by atoms with Crippen molar-refractivity contribution in [2.45, 2.75) is 19.9 Å². The molecule has 0 unspecified atom stereocenters. The van der Waals surface area contributed by atoms with E-state index in [-0.39, 0.29) is 18.7 Å². The van der Waals surface area contributed by atoms with Crippen LogP contribution < -0.4 is 19.5 Å². The average molecular weight is 374 g/mol. The molecule has 2 aromatic carbocycles. The van der Waals surface area contributed by atoms with E-state index in [1.165, 1.54) is 6.08 Å². The zero-order chi connectivity index (χ0) is 18.7. The first-order valence-corrected chi connectivity index (χ1v) is 8.58. The second-order valence-corrected chi connectivity index (χ2v) is 6.45. The molecular formula is C20H20ClNO4. The Bertz CT molecular complexity index is 863. The first-order valence-electron chi connectivity index (χ1n) is 8.20. The molecule has 0 aliphatic carbocycles. The molecule has 1 heterocycles. The van der Waals surface area contributed by atoms with Gasteiger partial charge in [0.25, 0.3) is 0 Å². The fourth-order valence-electron chi connectivity index (χ4n) is 2.79. The fourth-order valence-corrected chi connectivity index (χ4v) is 3.06. The predicted octanol–water partition coefficient (Wildman–Crippen LogP) is 4.28. The van der Waals surface area contributed by atoms with E-state index in [0.717, 1.165) is 22.4 Å². The Morgan fingerprint density at radius 3 is 2.88 bits per heavy atom. The SMILES string of the molecule is COc1ccc(C)cc1[C@@H](C)NC(=O)/C=C/c1cc(Cl)c2c(c1)OCO2. The number of benzene rings is 2. The van der Waals surface area contributed by atoms with Crippen LogP contribution in [0.1, 0.15) is 29.7 Å². The predicted molar refractivity (Wildman–Crippen MR) is 101 cm³/mol. The molecule has 0 fully saturated rings. The van der Waals surface area contributed by atoms with E-state index in [1.54, 1.807) is 25.3 Å². The molecule has 0 saturated carbocycles. The summed E-state index contributed by atoms with van der Waals surface area (Å²) in [6, 6.07) is 9.20. The van der Waals surface area contributed by atoms with E-state index in [4.69, 9.17) is 25.8 Å². The van der Waals surface area contributed by atoms with Crippen molar-refractivity contribution in [3.63, 3.8) is 0 Å². The zero-order valence-electron chi connectivity index (χ0n) is 14.8. The van der Waals surface area contributed by atoms with E-state index in [0.29, 0.717) is 16.5 Å². The van der Waals surface area contributed by atoms with Crippen LogP contribution in [0.3, 0.4) is 0 Å². The van der Waals surface area contributed by atoms with Crippen LogP contribution in [-0.4, -0.2) is 19.8 Å². The number of hydrogen-bond donors (Lipinski definition) is 1. The number of ether oxygens (including phenoxy) is 3. The summed E-state index contributed by atoms with van der Waals surface area (Å²) in [6.07, 6.45) is 3.15. The van der Waals surface area contributed by atoms with E-state index >= 15 is 0 Å². The Hall–Kier alpha value is -2.66. The van der Waals surface area contributed by atoms with Gasteiger partial charge in [0.15, 0.2) is 11.5 Å². The maximum Gasteiger partial charge on any atom is 0.244 e. The minimum Gasteiger partial charge on any atom is -0.496 e. The lowest BCUT2D eigenvalue weighted by Gasteiger charge is -2.17. The highest BCUT2D eigenvalue weighted by Crippen LogP contribution is 2.40. The number of carbonyl (C=O) groups is 1. The Morgan fingerprint density at radius 1 is 1.31 bits per heavy atom. The number of amides is 1. The van der Waals surface area contributed by atoms with Gasteiger partial charge in [-0.3, -0.25) is 4.79 Å². The first-order chi connectivity index (χ1) is 12.5. The standard InChI is InChI=1S/C20H20ClNO4/c1-12-4-6-17(24-3)15(8-12)13(2)22-19(23)7-5-14-9-16(21)20-18(10-14)25-11-26-20/h4-10,13H,11H2,1-3H3,(H,22,23)/b7-5+/t13-/m1/s1. The van der Waals surface area contributed by atoms with Crippen molar-refractivity contribution in [2.75, 3.05) is 13.9 Å². The molecule has 6 heteroatoms. The molecule has 0 radical (unpaired) electrons. The molecule has 3 rings (SSSR count). The summed E-state index contributed by atoms with van der Waals surface area (Å²) in [4.78, 5) is 12.3. The highest BCUT2D eigenvalue weighted by molar-refractivity contribution is 6.32. The number of halogens is 1. The summed E-state index contributed by atoms with van der Waals surface area (Å²) in [5.41, 5.74) is 2.79. The molecule has 0 bridgehead atoms. The number of methoxy groups -OCH3 is 1. The Labute approximate surface area is 157 Å². The van der Waals surface area contributed by atoms with Crippen LogP contribution in [0.2, 0.25) is 5.02 Å². The largest absolute Gasteiger partial charge is 0.496 e. The van der Waals surface area contributed by atoms with E-state index in [1.807, 2.05) is 32.0 Å². The van der Waals surface area contributed by atoms with Gasteiger partial charge in [-0.15, -0.1) is 0 Å².